The van der Waals surface area contributed by atoms with E-state index < -0.39 is 35.7 Å². The van der Waals surface area contributed by atoms with E-state index in [-0.39, 0.29) is 6.54 Å². The maximum Gasteiger partial charge on any atom is 0.325 e. The van der Waals surface area contributed by atoms with Gasteiger partial charge in [0, 0.05) is 13.6 Å². The van der Waals surface area contributed by atoms with E-state index in [4.69, 9.17) is 23.2 Å². The molecule has 2 aromatic rings. The lowest BCUT2D eigenvalue weighted by molar-refractivity contribution is -0.138. The number of halogens is 3. The molecule has 1 heterocycles. The van der Waals surface area contributed by atoms with E-state index in [2.05, 4.69) is 5.32 Å². The number of rotatable bonds is 5. The first-order valence-corrected chi connectivity index (χ1v) is 9.46. The number of benzene rings is 2. The number of carbonyl (C=O) groups excluding carboxylic acids is 3. The SMILES string of the molecule is CN(Cc1cccc(Cl)c1Cl)C(=O)CN1C(=O)NC(C)(c2ccc(F)cc2)C1=O. The molecule has 3 rings (SSSR count). The van der Waals surface area contributed by atoms with E-state index >= 15 is 0 Å². The smallest absolute Gasteiger partial charge is 0.325 e. The topological polar surface area (TPSA) is 69.7 Å². The van der Waals surface area contributed by atoms with Gasteiger partial charge in [0.05, 0.1) is 10.0 Å². The van der Waals surface area contributed by atoms with E-state index in [1.807, 2.05) is 0 Å². The van der Waals surface area contributed by atoms with Gasteiger partial charge in [0.2, 0.25) is 5.91 Å². The lowest BCUT2D eigenvalue weighted by Gasteiger charge is -2.23. The third-order valence-corrected chi connectivity index (χ3v) is 5.71. The van der Waals surface area contributed by atoms with Crippen molar-refractivity contribution in [3.05, 3.63) is 69.5 Å². The Kier molecular flexibility index (Phi) is 5.82. The van der Waals surface area contributed by atoms with Gasteiger partial charge in [0.15, 0.2) is 0 Å². The van der Waals surface area contributed by atoms with Crippen molar-refractivity contribution >= 4 is 41.0 Å². The molecule has 0 spiro atoms. The van der Waals surface area contributed by atoms with E-state index in [1.165, 1.54) is 43.1 Å². The van der Waals surface area contributed by atoms with Gasteiger partial charge in [-0.2, -0.15) is 0 Å². The Balaban J connectivity index is 1.73. The van der Waals surface area contributed by atoms with Gasteiger partial charge in [-0.3, -0.25) is 14.5 Å². The highest BCUT2D eigenvalue weighted by Gasteiger charge is 2.49. The highest BCUT2D eigenvalue weighted by Crippen LogP contribution is 2.29. The van der Waals surface area contributed by atoms with Crippen molar-refractivity contribution in [3.63, 3.8) is 0 Å². The standard InChI is InChI=1S/C20H18Cl2FN3O3/c1-20(13-6-8-14(23)9-7-13)18(28)26(19(29)24-20)11-16(27)25(2)10-12-4-3-5-15(21)17(12)22/h3-9H,10-11H2,1-2H3,(H,24,29). The highest BCUT2D eigenvalue weighted by atomic mass is 35.5. The van der Waals surface area contributed by atoms with Crippen LogP contribution >= 0.6 is 23.2 Å². The molecule has 6 nitrogen and oxygen atoms in total. The summed E-state index contributed by atoms with van der Waals surface area (Å²) in [4.78, 5) is 40.1. The quantitative estimate of drug-likeness (QED) is 0.726. The van der Waals surface area contributed by atoms with Gasteiger partial charge in [-0.25, -0.2) is 9.18 Å². The van der Waals surface area contributed by atoms with Crippen LogP contribution in [0, 0.1) is 5.82 Å². The molecule has 1 atom stereocenters. The third-order valence-electron chi connectivity index (χ3n) is 4.85. The fourth-order valence-electron chi connectivity index (χ4n) is 3.09. The zero-order valence-electron chi connectivity index (χ0n) is 15.7. The minimum atomic E-state index is -1.38. The maximum atomic E-state index is 13.2. The Morgan fingerprint density at radius 1 is 1.17 bits per heavy atom. The van der Waals surface area contributed by atoms with Crippen LogP contribution in [0.4, 0.5) is 9.18 Å². The number of nitrogens with zero attached hydrogens (tertiary/aromatic N) is 2. The minimum absolute atomic E-state index is 0.164. The van der Waals surface area contributed by atoms with Crippen LogP contribution in [0.15, 0.2) is 42.5 Å². The molecule has 9 heteroatoms. The first-order valence-electron chi connectivity index (χ1n) is 8.70. The lowest BCUT2D eigenvalue weighted by atomic mass is 9.92. The molecule has 0 aliphatic carbocycles. The van der Waals surface area contributed by atoms with E-state index in [0.717, 1.165) is 4.90 Å². The molecule has 152 valence electrons. The van der Waals surface area contributed by atoms with Gasteiger partial charge < -0.3 is 10.2 Å². The molecular formula is C20H18Cl2FN3O3. The molecule has 1 saturated heterocycles. The van der Waals surface area contributed by atoms with Gasteiger partial charge in [0.1, 0.15) is 17.9 Å². The summed E-state index contributed by atoms with van der Waals surface area (Å²) in [6, 6.07) is 9.65. The molecule has 2 aromatic carbocycles. The lowest BCUT2D eigenvalue weighted by Crippen LogP contribution is -2.43. The number of hydrogen-bond donors (Lipinski definition) is 1. The first-order chi connectivity index (χ1) is 13.6. The van der Waals surface area contributed by atoms with Crippen molar-refractivity contribution in [1.29, 1.82) is 0 Å². The number of nitrogens with one attached hydrogen (secondary N) is 1. The molecule has 1 fully saturated rings. The van der Waals surface area contributed by atoms with Crippen molar-refractivity contribution in [3.8, 4) is 0 Å². The Labute approximate surface area is 177 Å². The van der Waals surface area contributed by atoms with Gasteiger partial charge in [-0.1, -0.05) is 47.5 Å². The zero-order valence-corrected chi connectivity index (χ0v) is 17.2. The van der Waals surface area contributed by atoms with Crippen molar-refractivity contribution in [2.24, 2.45) is 0 Å². The van der Waals surface area contributed by atoms with Gasteiger partial charge >= 0.3 is 6.03 Å². The van der Waals surface area contributed by atoms with Crippen LogP contribution in [0.5, 0.6) is 0 Å². The van der Waals surface area contributed by atoms with Gasteiger partial charge in [-0.15, -0.1) is 0 Å². The molecule has 1 aliphatic rings. The van der Waals surface area contributed by atoms with E-state index in [9.17, 15) is 18.8 Å². The number of urea groups is 1. The average molecular weight is 438 g/mol. The molecule has 1 unspecified atom stereocenters. The molecule has 4 amide bonds. The van der Waals surface area contributed by atoms with Crippen LogP contribution in [0.25, 0.3) is 0 Å². The normalized spacial score (nSPS) is 18.7. The second-order valence-electron chi connectivity index (χ2n) is 6.92. The first kappa shape index (κ1) is 21.1. The second kappa shape index (κ2) is 8.00. The summed E-state index contributed by atoms with van der Waals surface area (Å²) >= 11 is 12.1. The second-order valence-corrected chi connectivity index (χ2v) is 7.70. The summed E-state index contributed by atoms with van der Waals surface area (Å²) in [5.74, 6) is -1.49. The summed E-state index contributed by atoms with van der Waals surface area (Å²) in [7, 11) is 1.54. The Bertz CT molecular complexity index is 983. The Morgan fingerprint density at radius 3 is 2.48 bits per heavy atom. The molecule has 1 N–H and O–H groups in total. The molecule has 0 radical (unpaired) electrons. The number of amides is 4. The molecule has 1 aliphatic heterocycles. The largest absolute Gasteiger partial charge is 0.340 e. The predicted molar refractivity (Wildman–Crippen MR) is 107 cm³/mol. The van der Waals surface area contributed by atoms with Crippen LogP contribution in [0.3, 0.4) is 0 Å². The van der Waals surface area contributed by atoms with Gasteiger partial charge in [-0.05, 0) is 36.2 Å². The molecule has 0 bridgehead atoms. The molecular weight excluding hydrogens is 420 g/mol. The average Bonchev–Trinajstić information content (AvgIpc) is 2.89. The Morgan fingerprint density at radius 2 is 1.83 bits per heavy atom. The fourth-order valence-corrected chi connectivity index (χ4v) is 3.47. The van der Waals surface area contributed by atoms with Gasteiger partial charge in [0.25, 0.3) is 5.91 Å². The number of carbonyl (C=O) groups is 3. The fraction of sp³-hybridized carbons (Fsp3) is 0.250. The molecule has 0 saturated carbocycles. The Hall–Kier alpha value is -2.64. The summed E-state index contributed by atoms with van der Waals surface area (Å²) in [6.07, 6.45) is 0. The summed E-state index contributed by atoms with van der Waals surface area (Å²) < 4.78 is 13.2. The van der Waals surface area contributed by atoms with Crippen molar-refractivity contribution in [2.75, 3.05) is 13.6 Å². The summed E-state index contributed by atoms with van der Waals surface area (Å²) in [5, 5.41) is 3.29. The van der Waals surface area contributed by atoms with Crippen molar-refractivity contribution in [2.45, 2.75) is 19.0 Å². The van der Waals surface area contributed by atoms with Crippen LogP contribution in [0.2, 0.25) is 10.0 Å². The van der Waals surface area contributed by atoms with Crippen molar-refractivity contribution in [1.82, 2.24) is 15.1 Å². The predicted octanol–water partition coefficient (Wildman–Crippen LogP) is 3.56. The van der Waals surface area contributed by atoms with Crippen LogP contribution in [-0.2, 0) is 21.7 Å². The zero-order chi connectivity index (χ0) is 21.3. The minimum Gasteiger partial charge on any atom is -0.340 e. The van der Waals surface area contributed by atoms with E-state index in [1.54, 1.807) is 18.2 Å². The number of hydrogen-bond acceptors (Lipinski definition) is 3. The maximum absolute atomic E-state index is 13.2. The van der Waals surface area contributed by atoms with Crippen LogP contribution in [0.1, 0.15) is 18.1 Å². The monoisotopic (exact) mass is 437 g/mol. The number of likely N-dealkylation sites (N-methyl/N-ethyl adjacent to an activating group) is 1. The molecule has 29 heavy (non-hydrogen) atoms. The molecule has 0 aromatic heterocycles. The summed E-state index contributed by atoms with van der Waals surface area (Å²) in [5.41, 5.74) is -0.311. The van der Waals surface area contributed by atoms with Crippen molar-refractivity contribution < 1.29 is 18.8 Å². The number of imide groups is 1. The third kappa shape index (κ3) is 4.06. The van der Waals surface area contributed by atoms with E-state index in [0.29, 0.717) is 21.2 Å². The highest BCUT2D eigenvalue weighted by molar-refractivity contribution is 6.42. The van der Waals surface area contributed by atoms with Crippen LogP contribution < -0.4 is 5.32 Å². The van der Waals surface area contributed by atoms with Crippen LogP contribution in [-0.4, -0.2) is 41.2 Å². The summed E-state index contributed by atoms with van der Waals surface area (Å²) in [6.45, 7) is 1.24.